The highest BCUT2D eigenvalue weighted by Crippen LogP contribution is 2.34. The lowest BCUT2D eigenvalue weighted by atomic mass is 9.95. The summed E-state index contributed by atoms with van der Waals surface area (Å²) in [5.74, 6) is -0.405. The van der Waals surface area contributed by atoms with E-state index in [1.54, 1.807) is 18.2 Å². The van der Waals surface area contributed by atoms with Crippen molar-refractivity contribution in [3.05, 3.63) is 71.0 Å². The number of aromatic nitrogens is 2. The number of carbonyl (C=O) groups excluding carboxylic acids is 1. The van der Waals surface area contributed by atoms with Gasteiger partial charge in [-0.25, -0.2) is 4.39 Å². The minimum absolute atomic E-state index is 0.0466. The number of benzene rings is 2. The number of carbonyl (C=O) groups is 1. The highest BCUT2D eigenvalue weighted by molar-refractivity contribution is 6.33. The molecule has 4 rings (SSSR count). The van der Waals surface area contributed by atoms with Crippen LogP contribution in [0, 0.1) is 11.7 Å². The van der Waals surface area contributed by atoms with Gasteiger partial charge < -0.3 is 10.2 Å². The fourth-order valence-corrected chi connectivity index (χ4v) is 3.84. The first-order chi connectivity index (χ1) is 15.7. The number of alkyl halides is 3. The van der Waals surface area contributed by atoms with Gasteiger partial charge in [0.1, 0.15) is 5.82 Å². The van der Waals surface area contributed by atoms with E-state index in [0.29, 0.717) is 37.4 Å². The Kier molecular flexibility index (Phi) is 6.51. The second-order valence-electron chi connectivity index (χ2n) is 7.73. The fourth-order valence-electron chi connectivity index (χ4n) is 3.67. The molecular formula is C23H19ClF4N4O. The summed E-state index contributed by atoms with van der Waals surface area (Å²) in [5.41, 5.74) is 0.436. The number of anilines is 2. The monoisotopic (exact) mass is 478 g/mol. The first-order valence-electron chi connectivity index (χ1n) is 10.2. The van der Waals surface area contributed by atoms with Gasteiger partial charge >= 0.3 is 6.18 Å². The van der Waals surface area contributed by atoms with E-state index in [4.69, 9.17) is 11.6 Å². The van der Waals surface area contributed by atoms with E-state index in [1.807, 2.05) is 11.0 Å². The van der Waals surface area contributed by atoms with Crippen LogP contribution in [0.2, 0.25) is 5.02 Å². The van der Waals surface area contributed by atoms with E-state index >= 15 is 0 Å². The Bertz CT molecular complexity index is 1130. The molecule has 1 saturated heterocycles. The van der Waals surface area contributed by atoms with E-state index in [-0.39, 0.29) is 28.4 Å². The molecule has 0 atom stereocenters. The normalized spacial score (nSPS) is 14.9. The Labute approximate surface area is 192 Å². The number of amides is 1. The zero-order chi connectivity index (χ0) is 23.6. The van der Waals surface area contributed by atoms with Gasteiger partial charge in [-0.3, -0.25) is 4.79 Å². The highest BCUT2D eigenvalue weighted by Gasteiger charge is 2.32. The molecule has 1 aliphatic heterocycles. The molecular weight excluding hydrogens is 460 g/mol. The van der Waals surface area contributed by atoms with Crippen molar-refractivity contribution in [2.45, 2.75) is 19.0 Å². The predicted molar refractivity (Wildman–Crippen MR) is 117 cm³/mol. The summed E-state index contributed by atoms with van der Waals surface area (Å²) in [4.78, 5) is 14.6. The van der Waals surface area contributed by atoms with Gasteiger partial charge in [0.2, 0.25) is 5.91 Å². The van der Waals surface area contributed by atoms with Crippen molar-refractivity contribution in [3.8, 4) is 11.3 Å². The summed E-state index contributed by atoms with van der Waals surface area (Å²) < 4.78 is 51.9. The van der Waals surface area contributed by atoms with Crippen molar-refractivity contribution in [1.82, 2.24) is 10.2 Å². The highest BCUT2D eigenvalue weighted by atomic mass is 35.5. The number of piperidine rings is 1. The first-order valence-corrected chi connectivity index (χ1v) is 10.6. The standard InChI is InChI=1S/C23H19ClF4N4O/c24-18-6-3-16(23(26,27)28)13-20(18)29-22(33)15-9-11-32(12-10-15)21-8-7-19(30-31-21)14-1-4-17(25)5-2-14/h1-8,13,15H,9-12H2,(H,29,33). The second kappa shape index (κ2) is 9.35. The molecule has 0 saturated carbocycles. The summed E-state index contributed by atoms with van der Waals surface area (Å²) in [6.07, 6.45) is -3.52. The van der Waals surface area contributed by atoms with Crippen molar-refractivity contribution in [2.24, 2.45) is 5.92 Å². The van der Waals surface area contributed by atoms with Gasteiger partial charge in [-0.05, 0) is 67.4 Å². The number of rotatable bonds is 4. The second-order valence-corrected chi connectivity index (χ2v) is 8.13. The molecule has 1 aromatic heterocycles. The van der Waals surface area contributed by atoms with Crippen LogP contribution in [0.25, 0.3) is 11.3 Å². The van der Waals surface area contributed by atoms with Crippen LogP contribution in [0.3, 0.4) is 0 Å². The van der Waals surface area contributed by atoms with Gasteiger partial charge in [-0.15, -0.1) is 10.2 Å². The molecule has 1 aliphatic rings. The lowest BCUT2D eigenvalue weighted by Gasteiger charge is -2.32. The summed E-state index contributed by atoms with van der Waals surface area (Å²) in [6, 6.07) is 12.4. The topological polar surface area (TPSA) is 58.1 Å². The maximum atomic E-state index is 13.1. The average Bonchev–Trinajstić information content (AvgIpc) is 2.80. The van der Waals surface area contributed by atoms with Crippen LogP contribution >= 0.6 is 11.6 Å². The molecule has 0 aliphatic carbocycles. The largest absolute Gasteiger partial charge is 0.416 e. The molecule has 1 N–H and O–H groups in total. The third kappa shape index (κ3) is 5.42. The van der Waals surface area contributed by atoms with Crippen molar-refractivity contribution >= 4 is 29.0 Å². The predicted octanol–water partition coefficient (Wildman–Crippen LogP) is 5.81. The Hall–Kier alpha value is -3.20. The summed E-state index contributed by atoms with van der Waals surface area (Å²) in [5, 5.41) is 11.0. The van der Waals surface area contributed by atoms with Gasteiger partial charge in [-0.2, -0.15) is 13.2 Å². The number of nitrogens with zero attached hydrogens (tertiary/aromatic N) is 3. The van der Waals surface area contributed by atoms with E-state index < -0.39 is 11.7 Å². The van der Waals surface area contributed by atoms with Crippen molar-refractivity contribution in [3.63, 3.8) is 0 Å². The maximum absolute atomic E-state index is 13.1. The molecule has 0 spiro atoms. The van der Waals surface area contributed by atoms with Crippen molar-refractivity contribution < 1.29 is 22.4 Å². The zero-order valence-corrected chi connectivity index (χ0v) is 18.0. The number of hydrogen-bond donors (Lipinski definition) is 1. The fraction of sp³-hybridized carbons (Fsp3) is 0.261. The molecule has 2 aromatic carbocycles. The molecule has 3 aromatic rings. The van der Waals surface area contributed by atoms with E-state index in [1.165, 1.54) is 12.1 Å². The number of nitrogens with one attached hydrogen (secondary N) is 1. The van der Waals surface area contributed by atoms with Crippen LogP contribution in [0.4, 0.5) is 29.1 Å². The third-order valence-corrected chi connectivity index (χ3v) is 5.86. The maximum Gasteiger partial charge on any atom is 0.416 e. The lowest BCUT2D eigenvalue weighted by Crippen LogP contribution is -2.38. The molecule has 10 heteroatoms. The molecule has 2 heterocycles. The molecule has 5 nitrogen and oxygen atoms in total. The number of hydrogen-bond acceptors (Lipinski definition) is 4. The Morgan fingerprint density at radius 1 is 1.00 bits per heavy atom. The molecule has 1 fully saturated rings. The number of halogens is 5. The van der Waals surface area contributed by atoms with Crippen LogP contribution in [0.1, 0.15) is 18.4 Å². The van der Waals surface area contributed by atoms with E-state index in [2.05, 4.69) is 15.5 Å². The lowest BCUT2D eigenvalue weighted by molar-refractivity contribution is -0.137. The Morgan fingerprint density at radius 3 is 2.30 bits per heavy atom. The Morgan fingerprint density at radius 2 is 1.70 bits per heavy atom. The van der Waals surface area contributed by atoms with Crippen molar-refractivity contribution in [1.29, 1.82) is 0 Å². The van der Waals surface area contributed by atoms with Crippen molar-refractivity contribution in [2.75, 3.05) is 23.3 Å². The SMILES string of the molecule is O=C(Nc1cc(C(F)(F)F)ccc1Cl)C1CCN(c2ccc(-c3ccc(F)cc3)nn2)CC1. The van der Waals surface area contributed by atoms with Gasteiger partial charge in [0.05, 0.1) is 22.0 Å². The third-order valence-electron chi connectivity index (χ3n) is 5.53. The van der Waals surface area contributed by atoms with Crippen LogP contribution in [0.15, 0.2) is 54.6 Å². The zero-order valence-electron chi connectivity index (χ0n) is 17.2. The Balaban J connectivity index is 1.36. The summed E-state index contributed by atoms with van der Waals surface area (Å²) in [6.45, 7) is 1.08. The molecule has 1 amide bonds. The quantitative estimate of drug-likeness (QED) is 0.481. The minimum atomic E-state index is -4.53. The average molecular weight is 479 g/mol. The van der Waals surface area contributed by atoms with Gasteiger partial charge in [-0.1, -0.05) is 11.6 Å². The molecule has 0 bridgehead atoms. The van der Waals surface area contributed by atoms with Gasteiger partial charge in [0, 0.05) is 24.6 Å². The van der Waals surface area contributed by atoms with E-state index in [9.17, 15) is 22.4 Å². The molecule has 0 radical (unpaired) electrons. The van der Waals surface area contributed by atoms with E-state index in [0.717, 1.165) is 23.8 Å². The molecule has 0 unspecified atom stereocenters. The molecule has 172 valence electrons. The van der Waals surface area contributed by atoms with Crippen LogP contribution < -0.4 is 10.2 Å². The minimum Gasteiger partial charge on any atom is -0.355 e. The van der Waals surface area contributed by atoms with Crippen LogP contribution in [-0.4, -0.2) is 29.2 Å². The smallest absolute Gasteiger partial charge is 0.355 e. The summed E-state index contributed by atoms with van der Waals surface area (Å²) >= 11 is 5.97. The van der Waals surface area contributed by atoms with Gasteiger partial charge in [0.25, 0.3) is 0 Å². The summed E-state index contributed by atoms with van der Waals surface area (Å²) in [7, 11) is 0. The van der Waals surface area contributed by atoms with Crippen LogP contribution in [-0.2, 0) is 11.0 Å². The molecule has 33 heavy (non-hydrogen) atoms. The van der Waals surface area contributed by atoms with Gasteiger partial charge in [0.15, 0.2) is 5.82 Å². The van der Waals surface area contributed by atoms with Crippen LogP contribution in [0.5, 0.6) is 0 Å². The first kappa shape index (κ1) is 23.0.